The van der Waals surface area contributed by atoms with Crippen LogP contribution in [0.15, 0.2) is 66.4 Å². The van der Waals surface area contributed by atoms with Gasteiger partial charge < -0.3 is 9.80 Å². The van der Waals surface area contributed by atoms with Crippen LogP contribution >= 0.6 is 0 Å². The van der Waals surface area contributed by atoms with Crippen LogP contribution in [-0.4, -0.2) is 70.7 Å². The monoisotopic (exact) mass is 443 g/mol. The van der Waals surface area contributed by atoms with E-state index in [-0.39, 0.29) is 11.2 Å². The van der Waals surface area contributed by atoms with Crippen LogP contribution in [0.4, 0.5) is 11.6 Å². The zero-order valence-electron chi connectivity index (χ0n) is 19.3. The summed E-state index contributed by atoms with van der Waals surface area (Å²) in [5.74, 6) is 0.877. The first-order valence-corrected chi connectivity index (χ1v) is 11.3. The number of hydrogen-bond donors (Lipinski definition) is 0. The van der Waals surface area contributed by atoms with E-state index in [2.05, 4.69) is 62.3 Å². The number of rotatable bonds is 5. The van der Waals surface area contributed by atoms with Crippen LogP contribution in [0.25, 0.3) is 5.69 Å². The second kappa shape index (κ2) is 8.44. The van der Waals surface area contributed by atoms with Gasteiger partial charge in [-0.15, -0.1) is 0 Å². The van der Waals surface area contributed by atoms with E-state index in [0.717, 1.165) is 43.5 Å². The minimum absolute atomic E-state index is 0.139. The highest BCUT2D eigenvalue weighted by Crippen LogP contribution is 2.46. The summed E-state index contributed by atoms with van der Waals surface area (Å²) in [4.78, 5) is 19.5. The molecule has 0 unspecified atom stereocenters. The van der Waals surface area contributed by atoms with Crippen LogP contribution in [0, 0.1) is 0 Å². The van der Waals surface area contributed by atoms with Crippen LogP contribution in [-0.2, 0) is 10.2 Å². The van der Waals surface area contributed by atoms with Crippen LogP contribution in [0.5, 0.6) is 0 Å². The number of ketones is 1. The highest BCUT2D eigenvalue weighted by Gasteiger charge is 2.38. The van der Waals surface area contributed by atoms with Crippen molar-refractivity contribution in [3.8, 4) is 5.69 Å². The zero-order valence-corrected chi connectivity index (χ0v) is 19.3. The molecule has 0 atom stereocenters. The molecule has 0 saturated carbocycles. The van der Waals surface area contributed by atoms with Gasteiger partial charge in [0.2, 0.25) is 5.95 Å². The summed E-state index contributed by atoms with van der Waals surface area (Å²) in [6.45, 7) is 7.91. The fourth-order valence-corrected chi connectivity index (χ4v) is 4.90. The molecule has 3 heterocycles. The number of tetrazole rings is 1. The molecule has 2 aliphatic heterocycles. The fourth-order valence-electron chi connectivity index (χ4n) is 4.90. The Labute approximate surface area is 194 Å². The Morgan fingerprint density at radius 1 is 1.00 bits per heavy atom. The number of fused-ring (bicyclic) bond motifs is 1. The molecule has 2 aliphatic rings. The molecule has 0 spiro atoms. The average Bonchev–Trinajstić information content (AvgIpc) is 3.39. The van der Waals surface area contributed by atoms with Gasteiger partial charge in [-0.2, -0.15) is 4.68 Å². The lowest BCUT2D eigenvalue weighted by atomic mass is 9.83. The Bertz CT molecular complexity index is 1180. The minimum Gasteiger partial charge on any atom is -0.347 e. The number of aromatic nitrogens is 4. The van der Waals surface area contributed by atoms with E-state index in [9.17, 15) is 4.79 Å². The van der Waals surface area contributed by atoms with E-state index in [1.165, 1.54) is 11.3 Å². The molecular weight excluding hydrogens is 414 g/mol. The first-order valence-electron chi connectivity index (χ1n) is 11.3. The number of carbonyl (C=O) groups is 1. The number of allylic oxidation sites excluding steroid dienone is 1. The molecule has 8 nitrogen and oxygen atoms in total. The third kappa shape index (κ3) is 3.91. The third-order valence-corrected chi connectivity index (χ3v) is 6.73. The normalized spacial score (nSPS) is 19.2. The average molecular weight is 444 g/mol. The Morgan fingerprint density at radius 3 is 2.42 bits per heavy atom. The number of anilines is 2. The fraction of sp³-hybridized carbons (Fsp3) is 0.360. The largest absolute Gasteiger partial charge is 0.347 e. The van der Waals surface area contributed by atoms with Gasteiger partial charge >= 0.3 is 0 Å². The van der Waals surface area contributed by atoms with E-state index >= 15 is 0 Å². The Hall–Kier alpha value is -3.52. The van der Waals surface area contributed by atoms with Crippen molar-refractivity contribution >= 4 is 17.4 Å². The maximum absolute atomic E-state index is 13.0. The molecule has 0 aliphatic carbocycles. The topological polar surface area (TPSA) is 70.4 Å². The van der Waals surface area contributed by atoms with E-state index in [1.807, 2.05) is 49.5 Å². The number of hydrogen-bond acceptors (Lipinski definition) is 7. The molecule has 5 rings (SSSR count). The minimum atomic E-state index is -0.186. The summed E-state index contributed by atoms with van der Waals surface area (Å²) in [6, 6.07) is 18.3. The highest BCUT2D eigenvalue weighted by atomic mass is 16.1. The van der Waals surface area contributed by atoms with Gasteiger partial charge in [0, 0.05) is 56.1 Å². The number of nitrogens with zero attached hydrogens (tertiary/aromatic N) is 7. The quantitative estimate of drug-likeness (QED) is 0.562. The van der Waals surface area contributed by atoms with Gasteiger partial charge in [-0.25, -0.2) is 0 Å². The van der Waals surface area contributed by atoms with Crippen molar-refractivity contribution in [3.05, 3.63) is 71.9 Å². The second-order valence-electron chi connectivity index (χ2n) is 9.19. The van der Waals surface area contributed by atoms with Gasteiger partial charge in [0.25, 0.3) is 0 Å². The maximum Gasteiger partial charge on any atom is 0.250 e. The van der Waals surface area contributed by atoms with Crippen molar-refractivity contribution in [3.63, 3.8) is 0 Å². The second-order valence-corrected chi connectivity index (χ2v) is 9.19. The van der Waals surface area contributed by atoms with Gasteiger partial charge in [-0.3, -0.25) is 9.69 Å². The van der Waals surface area contributed by atoms with E-state index in [1.54, 1.807) is 4.68 Å². The lowest BCUT2D eigenvalue weighted by molar-refractivity contribution is -0.115. The molecule has 1 fully saturated rings. The molecule has 170 valence electrons. The van der Waals surface area contributed by atoms with Crippen molar-refractivity contribution < 1.29 is 4.79 Å². The van der Waals surface area contributed by atoms with Crippen LogP contribution in [0.2, 0.25) is 0 Å². The summed E-state index contributed by atoms with van der Waals surface area (Å²) in [5, 5.41) is 12.3. The van der Waals surface area contributed by atoms with Crippen LogP contribution in [0.1, 0.15) is 19.4 Å². The molecule has 3 aromatic rings. The Balaban J connectivity index is 1.23. The first-order chi connectivity index (χ1) is 15.9. The van der Waals surface area contributed by atoms with Gasteiger partial charge in [0.1, 0.15) is 0 Å². The van der Waals surface area contributed by atoms with Crippen molar-refractivity contribution in [2.24, 2.45) is 0 Å². The number of likely N-dealkylation sites (N-methyl/N-ethyl adjacent to an activating group) is 1. The number of carbonyl (C=O) groups excluding carboxylic acids is 1. The molecule has 8 heteroatoms. The van der Waals surface area contributed by atoms with Crippen molar-refractivity contribution in [1.29, 1.82) is 0 Å². The summed E-state index contributed by atoms with van der Waals surface area (Å²) >= 11 is 0. The molecule has 0 radical (unpaired) electrons. The van der Waals surface area contributed by atoms with Crippen molar-refractivity contribution in [1.82, 2.24) is 25.1 Å². The highest BCUT2D eigenvalue weighted by molar-refractivity contribution is 5.94. The SMILES string of the molecule is CN1/C(=C\C(=O)CN2CCN(c3nnnn3-c3ccccc3)CC2)C(C)(C)c2ccccc21. The van der Waals surface area contributed by atoms with E-state index in [0.29, 0.717) is 6.54 Å². The lowest BCUT2D eigenvalue weighted by Gasteiger charge is -2.34. The van der Waals surface area contributed by atoms with E-state index in [4.69, 9.17) is 0 Å². The standard InChI is InChI=1S/C25H29N7O/c1-25(2)21-11-7-8-12-22(21)29(3)23(25)17-20(33)18-30-13-15-31(16-14-30)24-26-27-28-32(24)19-9-5-4-6-10-19/h4-12,17H,13-16,18H2,1-3H3/b23-17-. The Morgan fingerprint density at radius 2 is 1.70 bits per heavy atom. The lowest BCUT2D eigenvalue weighted by Crippen LogP contribution is -2.48. The van der Waals surface area contributed by atoms with Crippen molar-refractivity contribution in [2.75, 3.05) is 49.6 Å². The number of benzene rings is 2. The van der Waals surface area contributed by atoms with Gasteiger partial charge in [-0.1, -0.05) is 55.3 Å². The molecular formula is C25H29N7O. The van der Waals surface area contributed by atoms with E-state index < -0.39 is 0 Å². The summed E-state index contributed by atoms with van der Waals surface area (Å²) in [5.41, 5.74) is 4.23. The van der Waals surface area contributed by atoms with Crippen LogP contribution in [0.3, 0.4) is 0 Å². The maximum atomic E-state index is 13.0. The predicted molar refractivity (Wildman–Crippen MR) is 129 cm³/mol. The van der Waals surface area contributed by atoms with Crippen molar-refractivity contribution in [2.45, 2.75) is 19.3 Å². The molecule has 33 heavy (non-hydrogen) atoms. The number of piperazine rings is 1. The summed E-state index contributed by atoms with van der Waals surface area (Å²) in [7, 11) is 2.04. The summed E-state index contributed by atoms with van der Waals surface area (Å²) < 4.78 is 1.76. The molecule has 0 bridgehead atoms. The molecule has 0 amide bonds. The molecule has 2 aromatic carbocycles. The summed E-state index contributed by atoms with van der Waals surface area (Å²) in [6.07, 6.45) is 1.84. The van der Waals surface area contributed by atoms with Gasteiger partial charge in [-0.05, 0) is 34.2 Å². The third-order valence-electron chi connectivity index (χ3n) is 6.73. The molecule has 0 N–H and O–H groups in total. The molecule has 1 saturated heterocycles. The van der Waals surface area contributed by atoms with Crippen LogP contribution < -0.4 is 9.80 Å². The molecule has 1 aromatic heterocycles. The first kappa shape index (κ1) is 21.3. The van der Waals surface area contributed by atoms with Gasteiger partial charge in [0.15, 0.2) is 5.78 Å². The smallest absolute Gasteiger partial charge is 0.250 e. The predicted octanol–water partition coefficient (Wildman–Crippen LogP) is 2.66. The zero-order chi connectivity index (χ0) is 23.0. The van der Waals surface area contributed by atoms with Gasteiger partial charge in [0.05, 0.1) is 12.2 Å². The number of para-hydroxylation sites is 2. The Kier molecular flexibility index (Phi) is 5.46.